The summed E-state index contributed by atoms with van der Waals surface area (Å²) in [4.78, 5) is 24.6. The zero-order valence-corrected chi connectivity index (χ0v) is 74.1. The Bertz CT molecular complexity index is 4980. The highest BCUT2D eigenvalue weighted by molar-refractivity contribution is 7.93. The van der Waals surface area contributed by atoms with Crippen molar-refractivity contribution in [3.8, 4) is 24.3 Å². The number of hydrogen-bond donors (Lipinski definition) is 8. The topological polar surface area (TPSA) is 445 Å². The molecule has 0 radical (unpaired) electrons. The van der Waals surface area contributed by atoms with Crippen molar-refractivity contribution in [2.24, 2.45) is 44.2 Å². The highest BCUT2D eigenvalue weighted by Crippen LogP contribution is 2.38. The first-order chi connectivity index (χ1) is 55.0. The van der Waals surface area contributed by atoms with Crippen molar-refractivity contribution in [3.05, 3.63) is 145 Å². The van der Waals surface area contributed by atoms with Gasteiger partial charge in [0.05, 0.1) is 66.4 Å². The third kappa shape index (κ3) is 31.1. The minimum absolute atomic E-state index is 0. The summed E-state index contributed by atoms with van der Waals surface area (Å²) in [6.07, 6.45) is 27.8. The van der Waals surface area contributed by atoms with Gasteiger partial charge in [0, 0.05) is 130 Å². The highest BCUT2D eigenvalue weighted by atomic mass is 35.5. The number of anilines is 3. The van der Waals surface area contributed by atoms with E-state index in [2.05, 4.69) is 150 Å². The fourth-order valence-corrected chi connectivity index (χ4v) is 17.2. The van der Waals surface area contributed by atoms with Crippen LogP contribution in [0.1, 0.15) is 189 Å². The summed E-state index contributed by atoms with van der Waals surface area (Å²) in [6, 6.07) is 25.5. The van der Waals surface area contributed by atoms with Gasteiger partial charge in [-0.2, -0.15) is 58.6 Å². The molecular weight excluding hydrogens is 1630 g/mol. The Kier molecular flexibility index (Phi) is 39.1. The molecule has 35 heteroatoms. The van der Waals surface area contributed by atoms with Crippen LogP contribution in [0.15, 0.2) is 73.3 Å². The molecule has 27 nitrogen and oxygen atoms in total. The number of nitrogens with one attached hydrogen (secondary N) is 4. The summed E-state index contributed by atoms with van der Waals surface area (Å²) < 4.78 is 107. The van der Waals surface area contributed by atoms with Crippen molar-refractivity contribution in [1.82, 2.24) is 38.8 Å². The zero-order valence-electron chi connectivity index (χ0n) is 68.4. The van der Waals surface area contributed by atoms with Gasteiger partial charge in [-0.05, 0) is 256 Å². The average molecular weight is 1740 g/mol. The second-order valence-electron chi connectivity index (χ2n) is 30.6. The SMILES string of the molecule is CSF.Cc1cc2ncc(C#N)c(Cl)c2cc1C.Cc1cc2ncc(C#N)c(N3CCCC(CCNS(N)(=O)=O)CC3)c2cc1C.Cc1cc2ncc(C#N)c(N3CCC[C@@H](CCNS(N)(=O)=O)CC3)c2cc1C.Cc1cc2ncc(C#N)c(N3CCC[C@H](CCNS(N)(=O)=O)CC3)c2cc1C.Cl.NS(=O)(=O)NCCC1CCCCCC1. The van der Waals surface area contributed by atoms with Crippen LogP contribution in [-0.4, -0.2) is 125 Å². The number of aromatic nitrogens is 4. The number of benzene rings is 4. The van der Waals surface area contributed by atoms with Gasteiger partial charge in [-0.3, -0.25) is 19.9 Å². The van der Waals surface area contributed by atoms with E-state index in [4.69, 9.17) is 37.4 Å². The first-order valence-electron chi connectivity index (χ1n) is 39.3. The molecule has 7 heterocycles. The maximum atomic E-state index is 11.0. The fourth-order valence-electron chi connectivity index (χ4n) is 15.4. The molecule has 0 amide bonds. The molecule has 1 aliphatic carbocycles. The number of rotatable bonds is 19. The number of aryl methyl sites for hydroxylation is 8. The van der Waals surface area contributed by atoms with E-state index in [0.29, 0.717) is 77.1 Å². The predicted octanol–water partition coefficient (Wildman–Crippen LogP) is 13.7. The molecule has 12 N–H and O–H groups in total. The van der Waals surface area contributed by atoms with Crippen LogP contribution >= 0.6 is 36.2 Å². The van der Waals surface area contributed by atoms with Crippen LogP contribution in [0.4, 0.5) is 20.9 Å². The molecule has 1 unspecified atom stereocenters. The molecule has 3 atom stereocenters. The third-order valence-electron chi connectivity index (χ3n) is 22.2. The Labute approximate surface area is 707 Å². The monoisotopic (exact) mass is 1740 g/mol. The van der Waals surface area contributed by atoms with Crippen LogP contribution in [0.5, 0.6) is 0 Å². The molecule has 3 saturated heterocycles. The summed E-state index contributed by atoms with van der Waals surface area (Å²) in [5.41, 5.74) is 18.2. The second kappa shape index (κ2) is 46.7. The van der Waals surface area contributed by atoms with Crippen LogP contribution in [0.2, 0.25) is 5.02 Å². The van der Waals surface area contributed by atoms with Gasteiger partial charge in [-0.15, -0.1) is 12.4 Å². The Hall–Kier alpha value is -7.78. The molecule has 117 heavy (non-hydrogen) atoms. The number of fused-ring (bicyclic) bond motifs is 4. The smallest absolute Gasteiger partial charge is 0.274 e. The van der Waals surface area contributed by atoms with Gasteiger partial charge in [0.25, 0.3) is 40.8 Å². The van der Waals surface area contributed by atoms with Crippen molar-refractivity contribution in [1.29, 1.82) is 21.0 Å². The predicted molar refractivity (Wildman–Crippen MR) is 473 cm³/mol. The minimum atomic E-state index is -3.63. The van der Waals surface area contributed by atoms with E-state index in [1.54, 1.807) is 18.6 Å². The van der Waals surface area contributed by atoms with Crippen molar-refractivity contribution >= 4 is 138 Å². The van der Waals surface area contributed by atoms with Gasteiger partial charge in [0.1, 0.15) is 24.3 Å². The number of hydrogen-bond acceptors (Lipinski definition) is 20. The zero-order chi connectivity index (χ0) is 85.1. The van der Waals surface area contributed by atoms with Gasteiger partial charge in [-0.25, -0.2) is 39.4 Å². The highest BCUT2D eigenvalue weighted by Gasteiger charge is 2.27. The van der Waals surface area contributed by atoms with E-state index >= 15 is 0 Å². The Morgan fingerprint density at radius 2 is 0.607 bits per heavy atom. The van der Waals surface area contributed by atoms with Crippen molar-refractivity contribution in [2.45, 2.75) is 177 Å². The van der Waals surface area contributed by atoms with E-state index in [0.717, 1.165) is 189 Å². The van der Waals surface area contributed by atoms with Crippen molar-refractivity contribution in [2.75, 3.05) is 86.4 Å². The number of nitriles is 4. The molecule has 1 saturated carbocycles. The molecular formula is C82H114Cl2FN19O8S5. The first-order valence-corrected chi connectivity index (χ1v) is 47.0. The normalized spacial score (nSPS) is 16.9. The lowest BCUT2D eigenvalue weighted by atomic mass is 9.97. The summed E-state index contributed by atoms with van der Waals surface area (Å²) in [7, 11) is -14.4. The lowest BCUT2D eigenvalue weighted by Gasteiger charge is -2.26. The summed E-state index contributed by atoms with van der Waals surface area (Å²) >= 11 is 6.35. The fraction of sp³-hybridized carbons (Fsp3) is 0.512. The van der Waals surface area contributed by atoms with Crippen molar-refractivity contribution in [3.63, 3.8) is 0 Å². The van der Waals surface area contributed by atoms with Crippen LogP contribution in [0.3, 0.4) is 0 Å². The molecule has 4 aromatic carbocycles. The van der Waals surface area contributed by atoms with E-state index in [1.165, 1.54) is 89.9 Å². The van der Waals surface area contributed by atoms with Crippen LogP contribution < -0.4 is 54.1 Å². The largest absolute Gasteiger partial charge is 0.370 e. The maximum Gasteiger partial charge on any atom is 0.274 e. The lowest BCUT2D eigenvalue weighted by molar-refractivity contribution is 0.427. The molecule has 4 aromatic heterocycles. The van der Waals surface area contributed by atoms with Crippen molar-refractivity contribution < 1.29 is 37.6 Å². The maximum absolute atomic E-state index is 11.0. The van der Waals surface area contributed by atoms with Gasteiger partial charge < -0.3 is 14.7 Å². The summed E-state index contributed by atoms with van der Waals surface area (Å²) in [5, 5.41) is 62.1. The quantitative estimate of drug-likeness (QED) is 0.0349. The summed E-state index contributed by atoms with van der Waals surface area (Å²) in [6.45, 7) is 23.2. The standard InChI is InChI=1S/3C20H27N5O2S.C12H9ClN2.C9H20N2O2S.CH3FS.ClH/c3*1-14-10-18-19(11-15(14)2)23-13-17(12-21)20(18)25-8-3-4-16(6-9-25)5-7-24-28(22,26)27;1-7-3-10-11(4-8(7)2)15-6-9(5-14)12(10)13;10-14(12,13)11-8-7-9-5-3-1-2-4-6-9;1-3-2;/h3*10-11,13,16,24H,3-9H2,1-2H3,(H2,22,26,27);3-4,6H,1-2H3;9,11H,1-8H2,(H2,10,12,13);1H3;1H/t2*16-;;;;;/m10...../s1. The van der Waals surface area contributed by atoms with E-state index in [9.17, 15) is 53.3 Å². The molecule has 12 rings (SSSR count). The number of nitrogens with two attached hydrogens (primary N) is 4. The Balaban J connectivity index is 0.000000230. The van der Waals surface area contributed by atoms with E-state index in [1.807, 2.05) is 32.0 Å². The number of nitrogens with zero attached hydrogens (tertiary/aromatic N) is 11. The van der Waals surface area contributed by atoms with Gasteiger partial charge >= 0.3 is 0 Å². The van der Waals surface area contributed by atoms with Gasteiger partial charge in [-0.1, -0.05) is 50.1 Å². The molecule has 0 bridgehead atoms. The number of halogens is 3. The molecule has 4 fully saturated rings. The molecule has 3 aliphatic heterocycles. The average Bonchev–Trinajstić information content (AvgIpc) is 1.25. The third-order valence-corrected chi connectivity index (χ3v) is 25.0. The van der Waals surface area contributed by atoms with Crippen LogP contribution in [-0.2, 0) is 40.8 Å². The first kappa shape index (κ1) is 98.0. The van der Waals surface area contributed by atoms with Crippen LogP contribution in [0.25, 0.3) is 43.6 Å². The van der Waals surface area contributed by atoms with Crippen LogP contribution in [0, 0.1) is 124 Å². The Morgan fingerprint density at radius 3 is 0.863 bits per heavy atom. The van der Waals surface area contributed by atoms with Gasteiger partial charge in [0.15, 0.2) is 0 Å². The molecule has 8 aromatic rings. The molecule has 0 spiro atoms. The molecule has 636 valence electrons. The van der Waals surface area contributed by atoms with E-state index in [-0.39, 0.29) is 24.6 Å². The Morgan fingerprint density at radius 1 is 0.385 bits per heavy atom. The number of pyridine rings is 4. The summed E-state index contributed by atoms with van der Waals surface area (Å²) in [5.74, 6) is 1.98. The molecule has 4 aliphatic rings. The van der Waals surface area contributed by atoms with Gasteiger partial charge in [0.2, 0.25) is 0 Å². The lowest BCUT2D eigenvalue weighted by Crippen LogP contribution is -2.32. The minimum Gasteiger partial charge on any atom is -0.370 e. The van der Waals surface area contributed by atoms with E-state index < -0.39 is 40.8 Å². The second-order valence-corrected chi connectivity index (χ2v) is 36.8.